The molecule has 6 heteroatoms. The van der Waals surface area contributed by atoms with Crippen molar-refractivity contribution in [3.05, 3.63) is 56.2 Å². The van der Waals surface area contributed by atoms with Crippen LogP contribution in [-0.2, 0) is 9.53 Å². The van der Waals surface area contributed by atoms with Crippen LogP contribution in [0.4, 0.5) is 0 Å². The fourth-order valence-electron chi connectivity index (χ4n) is 2.47. The molecule has 1 aliphatic rings. The molecule has 0 heterocycles. The standard InChI is InChI=1S/C14H14BrNO4/c1-9(17)20-8-11-4-7-13(16(18)19)14(11)10-2-5-12(15)6-3-10/h2-3,5-7,11,14H,4,8H2,1H3/t11-,14+/m0/s1. The SMILES string of the molecule is CC(=O)OC[C@@H]1CC=C([N+](=O)[O-])[C@@H]1c1ccc(Br)cc1. The Bertz CT molecular complexity index is 553. The van der Waals surface area contributed by atoms with Gasteiger partial charge < -0.3 is 4.74 Å². The van der Waals surface area contributed by atoms with Crippen LogP contribution in [-0.4, -0.2) is 17.5 Å². The van der Waals surface area contributed by atoms with Crippen LogP contribution in [0.3, 0.4) is 0 Å². The Balaban J connectivity index is 2.25. The summed E-state index contributed by atoms with van der Waals surface area (Å²) in [5.41, 5.74) is 1.05. The predicted octanol–water partition coefficient (Wildman–Crippen LogP) is 3.28. The summed E-state index contributed by atoms with van der Waals surface area (Å²) in [7, 11) is 0. The predicted molar refractivity (Wildman–Crippen MR) is 76.7 cm³/mol. The van der Waals surface area contributed by atoms with Crippen molar-refractivity contribution in [3.63, 3.8) is 0 Å². The van der Waals surface area contributed by atoms with E-state index < -0.39 is 0 Å². The number of ether oxygens (including phenoxy) is 1. The number of carbonyl (C=O) groups excluding carboxylic acids is 1. The fourth-order valence-corrected chi connectivity index (χ4v) is 2.73. The molecular weight excluding hydrogens is 326 g/mol. The van der Waals surface area contributed by atoms with Crippen LogP contribution in [0.25, 0.3) is 0 Å². The second-order valence-electron chi connectivity index (χ2n) is 4.71. The van der Waals surface area contributed by atoms with Crippen molar-refractivity contribution in [2.75, 3.05) is 6.61 Å². The number of hydrogen-bond acceptors (Lipinski definition) is 4. The normalized spacial score (nSPS) is 21.4. The number of nitro groups is 1. The largest absolute Gasteiger partial charge is 0.466 e. The number of nitrogens with zero attached hydrogens (tertiary/aromatic N) is 1. The van der Waals surface area contributed by atoms with Crippen LogP contribution in [0.15, 0.2) is 40.5 Å². The quantitative estimate of drug-likeness (QED) is 0.479. The summed E-state index contributed by atoms with van der Waals surface area (Å²) in [6.45, 7) is 1.54. The molecule has 2 atom stereocenters. The first-order valence-electron chi connectivity index (χ1n) is 6.22. The molecule has 5 nitrogen and oxygen atoms in total. The van der Waals surface area contributed by atoms with Gasteiger partial charge in [-0.15, -0.1) is 0 Å². The zero-order chi connectivity index (χ0) is 14.7. The van der Waals surface area contributed by atoms with Gasteiger partial charge in [-0.1, -0.05) is 28.1 Å². The maximum Gasteiger partial charge on any atom is 0.302 e. The van der Waals surface area contributed by atoms with Crippen molar-refractivity contribution in [2.45, 2.75) is 19.3 Å². The zero-order valence-corrected chi connectivity index (χ0v) is 12.5. The average Bonchev–Trinajstić information content (AvgIpc) is 2.81. The number of rotatable bonds is 4. The summed E-state index contributed by atoms with van der Waals surface area (Å²) < 4.78 is 5.94. The third-order valence-electron chi connectivity index (χ3n) is 3.36. The molecule has 0 bridgehead atoms. The molecule has 0 N–H and O–H groups in total. The van der Waals surface area contributed by atoms with Crippen molar-refractivity contribution >= 4 is 21.9 Å². The number of benzene rings is 1. The van der Waals surface area contributed by atoms with E-state index in [1.807, 2.05) is 24.3 Å². The third kappa shape index (κ3) is 3.25. The average molecular weight is 340 g/mol. The van der Waals surface area contributed by atoms with Gasteiger partial charge in [0.25, 0.3) is 0 Å². The molecule has 0 aromatic heterocycles. The lowest BCUT2D eigenvalue weighted by molar-refractivity contribution is -0.430. The molecule has 0 unspecified atom stereocenters. The number of esters is 1. The number of hydrogen-bond donors (Lipinski definition) is 0. The number of halogens is 1. The topological polar surface area (TPSA) is 69.4 Å². The van der Waals surface area contributed by atoms with Crippen molar-refractivity contribution in [1.29, 1.82) is 0 Å². The lowest BCUT2D eigenvalue weighted by Gasteiger charge is -2.19. The number of carbonyl (C=O) groups is 1. The molecule has 0 saturated heterocycles. The minimum atomic E-state index is -0.367. The Hall–Kier alpha value is -1.69. The first-order chi connectivity index (χ1) is 9.49. The van der Waals surface area contributed by atoms with Crippen LogP contribution >= 0.6 is 15.9 Å². The molecule has 106 valence electrons. The Morgan fingerprint density at radius 2 is 2.10 bits per heavy atom. The fraction of sp³-hybridized carbons (Fsp3) is 0.357. The smallest absolute Gasteiger partial charge is 0.302 e. The van der Waals surface area contributed by atoms with E-state index >= 15 is 0 Å². The van der Waals surface area contributed by atoms with Gasteiger partial charge in [-0.25, -0.2) is 0 Å². The molecule has 1 aliphatic carbocycles. The van der Waals surface area contributed by atoms with Gasteiger partial charge in [-0.05, 0) is 30.2 Å². The Morgan fingerprint density at radius 1 is 1.45 bits per heavy atom. The van der Waals surface area contributed by atoms with Crippen LogP contribution in [0.1, 0.15) is 24.8 Å². The second kappa shape index (κ2) is 6.17. The molecular formula is C14H14BrNO4. The number of allylic oxidation sites excluding steroid dienone is 2. The van der Waals surface area contributed by atoms with Crippen molar-refractivity contribution in [1.82, 2.24) is 0 Å². The van der Waals surface area contributed by atoms with Crippen molar-refractivity contribution in [2.24, 2.45) is 5.92 Å². The molecule has 20 heavy (non-hydrogen) atoms. The molecule has 2 rings (SSSR count). The van der Waals surface area contributed by atoms with Crippen molar-refractivity contribution in [3.8, 4) is 0 Å². The first-order valence-corrected chi connectivity index (χ1v) is 7.01. The summed E-state index contributed by atoms with van der Waals surface area (Å²) in [5.74, 6) is -0.785. The summed E-state index contributed by atoms with van der Waals surface area (Å²) in [4.78, 5) is 21.7. The minimum Gasteiger partial charge on any atom is -0.466 e. The van der Waals surface area contributed by atoms with E-state index in [4.69, 9.17) is 4.74 Å². The van der Waals surface area contributed by atoms with E-state index in [1.165, 1.54) is 6.92 Å². The van der Waals surface area contributed by atoms with Gasteiger partial charge in [0.1, 0.15) is 0 Å². The van der Waals surface area contributed by atoms with Crippen molar-refractivity contribution < 1.29 is 14.5 Å². The van der Waals surface area contributed by atoms with E-state index in [2.05, 4.69) is 15.9 Å². The monoisotopic (exact) mass is 339 g/mol. The van der Waals surface area contributed by atoms with E-state index in [9.17, 15) is 14.9 Å². The van der Waals surface area contributed by atoms with E-state index in [-0.39, 0.29) is 35.0 Å². The molecule has 0 fully saturated rings. The summed E-state index contributed by atoms with van der Waals surface area (Å²) in [6, 6.07) is 7.43. The molecule has 0 spiro atoms. The van der Waals surface area contributed by atoms with Gasteiger partial charge in [0.2, 0.25) is 5.70 Å². The van der Waals surface area contributed by atoms with Gasteiger partial charge in [0.05, 0.1) is 17.4 Å². The highest BCUT2D eigenvalue weighted by atomic mass is 79.9. The van der Waals surface area contributed by atoms with Crippen LogP contribution in [0.2, 0.25) is 0 Å². The summed E-state index contributed by atoms with van der Waals surface area (Å²) in [5, 5.41) is 11.2. The summed E-state index contributed by atoms with van der Waals surface area (Å²) in [6.07, 6.45) is 2.17. The lowest BCUT2D eigenvalue weighted by atomic mass is 9.88. The van der Waals surface area contributed by atoms with Crippen LogP contribution < -0.4 is 0 Å². The molecule has 1 aromatic rings. The highest BCUT2D eigenvalue weighted by Crippen LogP contribution is 2.40. The van der Waals surface area contributed by atoms with E-state index in [0.29, 0.717) is 6.42 Å². The van der Waals surface area contributed by atoms with Crippen LogP contribution in [0.5, 0.6) is 0 Å². The maximum atomic E-state index is 11.2. The van der Waals surface area contributed by atoms with E-state index in [1.54, 1.807) is 6.08 Å². The van der Waals surface area contributed by atoms with Crippen LogP contribution in [0, 0.1) is 16.0 Å². The molecule has 0 radical (unpaired) electrons. The highest BCUT2D eigenvalue weighted by molar-refractivity contribution is 9.10. The highest BCUT2D eigenvalue weighted by Gasteiger charge is 2.39. The first kappa shape index (κ1) is 14.7. The Labute approximate surface area is 124 Å². The van der Waals surface area contributed by atoms with Gasteiger partial charge in [-0.3, -0.25) is 14.9 Å². The summed E-state index contributed by atoms with van der Waals surface area (Å²) >= 11 is 3.35. The van der Waals surface area contributed by atoms with Gasteiger partial charge >= 0.3 is 5.97 Å². The minimum absolute atomic E-state index is 0.0829. The van der Waals surface area contributed by atoms with E-state index in [0.717, 1.165) is 10.0 Å². The lowest BCUT2D eigenvalue weighted by Crippen LogP contribution is -2.19. The molecule has 0 saturated carbocycles. The second-order valence-corrected chi connectivity index (χ2v) is 5.63. The third-order valence-corrected chi connectivity index (χ3v) is 3.89. The Morgan fingerprint density at radius 3 is 2.65 bits per heavy atom. The van der Waals surface area contributed by atoms with Gasteiger partial charge in [0.15, 0.2) is 0 Å². The zero-order valence-electron chi connectivity index (χ0n) is 10.9. The molecule has 0 aliphatic heterocycles. The molecule has 0 amide bonds. The molecule has 1 aromatic carbocycles. The maximum absolute atomic E-state index is 11.2. The Kier molecular flexibility index (Phi) is 4.54. The van der Waals surface area contributed by atoms with Gasteiger partial charge in [0, 0.05) is 17.3 Å². The van der Waals surface area contributed by atoms with Gasteiger partial charge in [-0.2, -0.15) is 0 Å².